The second-order valence-corrected chi connectivity index (χ2v) is 3.92. The maximum atomic E-state index is 13.2. The van der Waals surface area contributed by atoms with Crippen molar-refractivity contribution in [2.24, 2.45) is 0 Å². The molecule has 1 aliphatic rings. The Hall–Kier alpha value is -2.08. The molecule has 0 saturated carbocycles. The van der Waals surface area contributed by atoms with E-state index in [0.717, 1.165) is 12.1 Å². The van der Waals surface area contributed by atoms with Crippen LogP contribution in [0.15, 0.2) is 21.3 Å². The van der Waals surface area contributed by atoms with Crippen molar-refractivity contribution in [3.8, 4) is 0 Å². The van der Waals surface area contributed by atoms with Crippen LogP contribution in [0, 0.1) is 11.6 Å². The predicted molar refractivity (Wildman–Crippen MR) is 56.4 cm³/mol. The first-order valence-corrected chi connectivity index (χ1v) is 5.13. The second kappa shape index (κ2) is 3.71. The molecule has 4 nitrogen and oxygen atoms in total. The molecule has 1 aliphatic heterocycles. The third-order valence-electron chi connectivity index (χ3n) is 2.79. The summed E-state index contributed by atoms with van der Waals surface area (Å²) in [6.07, 6.45) is 0. The summed E-state index contributed by atoms with van der Waals surface area (Å²) in [5.74, 6) is -2.64. The Balaban J connectivity index is 2.50. The second-order valence-electron chi connectivity index (χ2n) is 3.92. The molecule has 1 aromatic heterocycles. The van der Waals surface area contributed by atoms with Gasteiger partial charge in [-0.3, -0.25) is 4.79 Å². The van der Waals surface area contributed by atoms with E-state index < -0.39 is 23.0 Å². The topological polar surface area (TPSA) is 56.5 Å². The highest BCUT2D eigenvalue weighted by atomic mass is 19.2. The minimum atomic E-state index is -1.16. The van der Waals surface area contributed by atoms with Gasteiger partial charge >= 0.3 is 5.63 Å². The Morgan fingerprint density at radius 1 is 1.00 bits per heavy atom. The highest BCUT2D eigenvalue weighted by Gasteiger charge is 2.25. The lowest BCUT2D eigenvalue weighted by molar-refractivity contribution is 0.0600. The molecule has 2 aromatic rings. The molecule has 0 fully saturated rings. The van der Waals surface area contributed by atoms with Gasteiger partial charge in [0.2, 0.25) is 0 Å². The van der Waals surface area contributed by atoms with Crippen LogP contribution in [0.4, 0.5) is 8.78 Å². The van der Waals surface area contributed by atoms with Crippen molar-refractivity contribution in [2.75, 3.05) is 6.61 Å². The minimum Gasteiger partial charge on any atom is -0.424 e. The van der Waals surface area contributed by atoms with Gasteiger partial charge in [-0.15, -0.1) is 0 Å². The molecule has 0 aliphatic carbocycles. The fourth-order valence-electron chi connectivity index (χ4n) is 2.01. The van der Waals surface area contributed by atoms with Crippen molar-refractivity contribution in [1.82, 2.24) is 0 Å². The van der Waals surface area contributed by atoms with E-state index in [-0.39, 0.29) is 35.3 Å². The molecule has 0 spiro atoms. The molecule has 0 unspecified atom stereocenters. The number of Topliss-reactive ketones (excluding diaryl/α,β-unsaturated/α-hetero) is 1. The molecule has 0 radical (unpaired) electrons. The Kier molecular flexibility index (Phi) is 2.27. The van der Waals surface area contributed by atoms with Gasteiger partial charge in [-0.2, -0.15) is 0 Å². The number of hydrogen-bond donors (Lipinski definition) is 0. The van der Waals surface area contributed by atoms with Gasteiger partial charge in [0.15, 0.2) is 17.4 Å². The van der Waals surface area contributed by atoms with E-state index in [9.17, 15) is 18.4 Å². The van der Waals surface area contributed by atoms with Gasteiger partial charge in [0, 0.05) is 5.39 Å². The number of halogens is 2. The van der Waals surface area contributed by atoms with Gasteiger partial charge in [0.25, 0.3) is 0 Å². The number of rotatable bonds is 0. The number of carbonyl (C=O) groups excluding carboxylic acids is 1. The first kappa shape index (κ1) is 11.0. The zero-order valence-electron chi connectivity index (χ0n) is 8.96. The molecule has 0 saturated heterocycles. The number of hydrogen-bond acceptors (Lipinski definition) is 4. The highest BCUT2D eigenvalue weighted by Crippen LogP contribution is 2.25. The number of carbonyl (C=O) groups is 1. The molecule has 0 bridgehead atoms. The molecule has 3 rings (SSSR count). The van der Waals surface area contributed by atoms with Crippen molar-refractivity contribution in [2.45, 2.75) is 6.61 Å². The lowest BCUT2D eigenvalue weighted by Gasteiger charge is -2.15. The fourth-order valence-corrected chi connectivity index (χ4v) is 2.01. The number of benzene rings is 1. The summed E-state index contributed by atoms with van der Waals surface area (Å²) < 4.78 is 36.1. The average Bonchev–Trinajstić information content (AvgIpc) is 2.32. The summed E-state index contributed by atoms with van der Waals surface area (Å²) in [5.41, 5.74) is -0.726. The van der Waals surface area contributed by atoms with E-state index in [1.54, 1.807) is 0 Å². The largest absolute Gasteiger partial charge is 0.424 e. The van der Waals surface area contributed by atoms with Crippen molar-refractivity contribution >= 4 is 16.6 Å². The molecular formula is C12H6F2O4. The van der Waals surface area contributed by atoms with Gasteiger partial charge < -0.3 is 9.15 Å². The predicted octanol–water partition coefficient (Wildman–Crippen LogP) is 1.78. The number of fused-ring (bicyclic) bond motifs is 3. The molecule has 0 atom stereocenters. The number of ether oxygens (including phenoxy) is 1. The Bertz CT molecular complexity index is 733. The fraction of sp³-hybridized carbons (Fsp3) is 0.167. The Morgan fingerprint density at radius 2 is 1.67 bits per heavy atom. The van der Waals surface area contributed by atoms with E-state index in [1.807, 2.05) is 0 Å². The summed E-state index contributed by atoms with van der Waals surface area (Å²) in [5, 5.41) is -0.0867. The molecule has 92 valence electrons. The van der Waals surface area contributed by atoms with Gasteiger partial charge in [0.05, 0.1) is 10.9 Å². The molecule has 6 heteroatoms. The molecule has 0 N–H and O–H groups in total. The summed E-state index contributed by atoms with van der Waals surface area (Å²) in [7, 11) is 0. The van der Waals surface area contributed by atoms with Crippen LogP contribution in [0.5, 0.6) is 0 Å². The SMILES string of the molecule is O=C1COCc2oc(=O)c3cc(F)c(F)cc3c21. The minimum absolute atomic E-state index is 0.0365. The first-order valence-electron chi connectivity index (χ1n) is 5.13. The van der Waals surface area contributed by atoms with Gasteiger partial charge in [0.1, 0.15) is 19.0 Å². The van der Waals surface area contributed by atoms with E-state index in [1.165, 1.54) is 0 Å². The number of ketones is 1. The van der Waals surface area contributed by atoms with Gasteiger partial charge in [-0.1, -0.05) is 0 Å². The van der Waals surface area contributed by atoms with E-state index in [0.29, 0.717) is 0 Å². The van der Waals surface area contributed by atoms with E-state index >= 15 is 0 Å². The quantitative estimate of drug-likeness (QED) is 0.717. The van der Waals surface area contributed by atoms with Crippen LogP contribution in [0.3, 0.4) is 0 Å². The standard InChI is InChI=1S/C12H6F2O4/c13-7-1-5-6(2-8(7)14)12(16)18-10-4-17-3-9(15)11(5)10/h1-2H,3-4H2. The summed E-state index contributed by atoms with van der Waals surface area (Å²) in [6, 6.07) is 1.57. The molecule has 1 aromatic carbocycles. The Labute approximate surface area is 98.8 Å². The third kappa shape index (κ3) is 1.46. The lowest BCUT2D eigenvalue weighted by Crippen LogP contribution is -2.21. The van der Waals surface area contributed by atoms with Crippen LogP contribution >= 0.6 is 0 Å². The zero-order valence-corrected chi connectivity index (χ0v) is 8.96. The van der Waals surface area contributed by atoms with Crippen molar-refractivity contribution in [1.29, 1.82) is 0 Å². The van der Waals surface area contributed by atoms with Crippen LogP contribution < -0.4 is 5.63 Å². The third-order valence-corrected chi connectivity index (χ3v) is 2.79. The molecule has 2 heterocycles. The molecular weight excluding hydrogens is 246 g/mol. The van der Waals surface area contributed by atoms with E-state index in [4.69, 9.17) is 9.15 Å². The molecule has 18 heavy (non-hydrogen) atoms. The van der Waals surface area contributed by atoms with Gasteiger partial charge in [-0.05, 0) is 12.1 Å². The van der Waals surface area contributed by atoms with Crippen LogP contribution in [-0.2, 0) is 11.3 Å². The van der Waals surface area contributed by atoms with Crippen molar-refractivity contribution in [3.63, 3.8) is 0 Å². The maximum absolute atomic E-state index is 13.2. The summed E-state index contributed by atoms with van der Waals surface area (Å²) >= 11 is 0. The smallest absolute Gasteiger partial charge is 0.344 e. The normalized spacial score (nSPS) is 14.9. The highest BCUT2D eigenvalue weighted by molar-refractivity contribution is 6.09. The average molecular weight is 252 g/mol. The molecule has 0 amide bonds. The van der Waals surface area contributed by atoms with Crippen LogP contribution in [0.25, 0.3) is 10.8 Å². The van der Waals surface area contributed by atoms with Crippen LogP contribution in [0.1, 0.15) is 16.1 Å². The van der Waals surface area contributed by atoms with Crippen molar-refractivity contribution in [3.05, 3.63) is 45.5 Å². The summed E-state index contributed by atoms with van der Waals surface area (Å²) in [6.45, 7) is -0.208. The lowest BCUT2D eigenvalue weighted by atomic mass is 10.0. The van der Waals surface area contributed by atoms with E-state index in [2.05, 4.69) is 0 Å². The monoisotopic (exact) mass is 252 g/mol. The zero-order chi connectivity index (χ0) is 12.9. The van der Waals surface area contributed by atoms with Gasteiger partial charge in [-0.25, -0.2) is 13.6 Å². The first-order chi connectivity index (χ1) is 8.58. The van der Waals surface area contributed by atoms with Crippen LogP contribution in [0.2, 0.25) is 0 Å². The van der Waals surface area contributed by atoms with Crippen molar-refractivity contribution < 1.29 is 22.7 Å². The maximum Gasteiger partial charge on any atom is 0.344 e. The Morgan fingerprint density at radius 3 is 2.39 bits per heavy atom. The van der Waals surface area contributed by atoms with Crippen LogP contribution in [-0.4, -0.2) is 12.4 Å². The summed E-state index contributed by atoms with van der Waals surface area (Å²) in [4.78, 5) is 23.3.